The highest BCUT2D eigenvalue weighted by atomic mass is 32.2. The van der Waals surface area contributed by atoms with E-state index >= 15 is 0 Å². The maximum atomic E-state index is 4.06. The van der Waals surface area contributed by atoms with Gasteiger partial charge in [0.25, 0.3) is 0 Å². The highest BCUT2D eigenvalue weighted by Gasteiger charge is 1.73. The molecule has 0 rings (SSSR count). The molecule has 0 fully saturated rings. The molecule has 0 aromatic rings. The third-order valence-electron chi connectivity index (χ3n) is 0.780. The normalized spacial score (nSPS) is 13.1. The van der Waals surface area contributed by atoms with E-state index in [0.717, 1.165) is 5.70 Å². The van der Waals surface area contributed by atoms with Gasteiger partial charge in [-0.3, -0.25) is 4.99 Å². The Hall–Kier alpha value is -0.240. The molecule has 0 N–H and O–H groups in total. The van der Waals surface area contributed by atoms with Crippen LogP contribution in [0.4, 0.5) is 0 Å². The molecule has 8 heavy (non-hydrogen) atoms. The predicted molar refractivity (Wildman–Crippen MR) is 41.4 cm³/mol. The summed E-state index contributed by atoms with van der Waals surface area (Å²) in [5.41, 5.74) is 2.90. The van der Waals surface area contributed by atoms with Crippen molar-refractivity contribution >= 4 is 17.3 Å². The van der Waals surface area contributed by atoms with Crippen molar-refractivity contribution in [2.45, 2.75) is 13.8 Å². The van der Waals surface area contributed by atoms with Crippen LogP contribution in [-0.2, 0) is 0 Å². The molecule has 0 aromatic heterocycles. The Bertz CT molecular complexity index is 105. The lowest BCUT2D eigenvalue weighted by atomic mass is 10.5. The molecule has 0 amide bonds. The Kier molecular flexibility index (Phi) is 4.76. The maximum absolute atomic E-state index is 4.06. The number of aliphatic imine (C=N–C) groups is 1. The van der Waals surface area contributed by atoms with Crippen LogP contribution in [0.5, 0.6) is 0 Å². The van der Waals surface area contributed by atoms with Crippen molar-refractivity contribution in [3.05, 3.63) is 11.8 Å². The fraction of sp³-hybridized carbons (Fsp3) is 0.500. The molecule has 46 valence electrons. The quantitative estimate of drug-likeness (QED) is 0.411. The van der Waals surface area contributed by atoms with Crippen LogP contribution in [0.2, 0.25) is 0 Å². The van der Waals surface area contributed by atoms with Gasteiger partial charge < -0.3 is 0 Å². The number of nitrogens with zero attached hydrogens (tertiary/aromatic N) is 1. The van der Waals surface area contributed by atoms with Crippen LogP contribution in [0.15, 0.2) is 16.8 Å². The standard InChI is InChI=1S/C6H11NS/c1-4-6(2)7-5-8-3/h4-5H,1-3H3/b6-4-,7-5-. The van der Waals surface area contributed by atoms with Crippen LogP contribution in [0.25, 0.3) is 0 Å². The van der Waals surface area contributed by atoms with E-state index in [1.54, 1.807) is 11.8 Å². The molecule has 2 heteroatoms. The molecular weight excluding hydrogens is 118 g/mol. The first-order valence-corrected chi connectivity index (χ1v) is 3.78. The second-order valence-corrected chi connectivity index (χ2v) is 2.08. The topological polar surface area (TPSA) is 12.4 Å². The molecule has 0 bridgehead atoms. The molecule has 1 nitrogen and oxygen atoms in total. The van der Waals surface area contributed by atoms with Gasteiger partial charge in [-0.1, -0.05) is 6.08 Å². The third kappa shape index (κ3) is 3.93. The van der Waals surface area contributed by atoms with E-state index in [-0.39, 0.29) is 0 Å². The summed E-state index contributed by atoms with van der Waals surface area (Å²) >= 11 is 1.61. The van der Waals surface area contributed by atoms with Gasteiger partial charge in [0.2, 0.25) is 0 Å². The smallest absolute Gasteiger partial charge is 0.0597 e. The van der Waals surface area contributed by atoms with Crippen molar-refractivity contribution in [2.75, 3.05) is 6.26 Å². The van der Waals surface area contributed by atoms with Crippen molar-refractivity contribution < 1.29 is 0 Å². The van der Waals surface area contributed by atoms with E-state index in [4.69, 9.17) is 0 Å². The number of rotatable bonds is 2. The zero-order chi connectivity index (χ0) is 6.41. The van der Waals surface area contributed by atoms with Gasteiger partial charge >= 0.3 is 0 Å². The summed E-state index contributed by atoms with van der Waals surface area (Å²) in [5.74, 6) is 0. The van der Waals surface area contributed by atoms with Crippen molar-refractivity contribution in [3.63, 3.8) is 0 Å². The van der Waals surface area contributed by atoms with Gasteiger partial charge in [-0.15, -0.1) is 11.8 Å². The minimum atomic E-state index is 1.07. The van der Waals surface area contributed by atoms with Crippen LogP contribution in [-0.4, -0.2) is 11.8 Å². The molecule has 0 aliphatic rings. The minimum Gasteiger partial charge on any atom is -0.255 e. The van der Waals surface area contributed by atoms with Crippen molar-refractivity contribution in [2.24, 2.45) is 4.99 Å². The summed E-state index contributed by atoms with van der Waals surface area (Å²) in [7, 11) is 0. The molecule has 0 aromatic carbocycles. The van der Waals surface area contributed by atoms with E-state index in [1.165, 1.54) is 0 Å². The van der Waals surface area contributed by atoms with Gasteiger partial charge in [-0.05, 0) is 20.1 Å². The highest BCUT2D eigenvalue weighted by molar-refractivity contribution is 8.11. The Morgan fingerprint density at radius 3 is 2.62 bits per heavy atom. The largest absolute Gasteiger partial charge is 0.255 e. The predicted octanol–water partition coefficient (Wildman–Crippen LogP) is 2.30. The zero-order valence-electron chi connectivity index (χ0n) is 5.51. The molecule has 0 saturated heterocycles. The molecule has 0 heterocycles. The first-order chi connectivity index (χ1) is 3.81. The van der Waals surface area contributed by atoms with E-state index in [9.17, 15) is 0 Å². The lowest BCUT2D eigenvalue weighted by Gasteiger charge is -1.84. The summed E-state index contributed by atoms with van der Waals surface area (Å²) in [5, 5.41) is 0. The van der Waals surface area contributed by atoms with E-state index in [1.807, 2.05) is 31.7 Å². The molecule has 0 saturated carbocycles. The van der Waals surface area contributed by atoms with Crippen molar-refractivity contribution in [3.8, 4) is 0 Å². The van der Waals surface area contributed by atoms with E-state index < -0.39 is 0 Å². The molecule has 0 aliphatic carbocycles. The number of hydrogen-bond donors (Lipinski definition) is 0. The van der Waals surface area contributed by atoms with Crippen LogP contribution in [0.3, 0.4) is 0 Å². The molecular formula is C6H11NS. The second-order valence-electron chi connectivity index (χ2n) is 1.40. The third-order valence-corrected chi connectivity index (χ3v) is 1.10. The Balaban J connectivity index is 3.53. The summed E-state index contributed by atoms with van der Waals surface area (Å²) < 4.78 is 0. The lowest BCUT2D eigenvalue weighted by Crippen LogP contribution is -1.65. The van der Waals surface area contributed by atoms with Gasteiger partial charge in [-0.2, -0.15) is 0 Å². The van der Waals surface area contributed by atoms with Gasteiger partial charge in [0, 0.05) is 5.70 Å². The second kappa shape index (κ2) is 4.91. The fourth-order valence-electron chi connectivity index (χ4n) is 0.210. The number of thioether (sulfide) groups is 1. The average Bonchev–Trinajstić information content (AvgIpc) is 1.83. The summed E-state index contributed by atoms with van der Waals surface area (Å²) in [6.45, 7) is 3.96. The zero-order valence-corrected chi connectivity index (χ0v) is 6.33. The van der Waals surface area contributed by atoms with Gasteiger partial charge in [0.05, 0.1) is 5.55 Å². The Labute approximate surface area is 54.9 Å². The maximum Gasteiger partial charge on any atom is 0.0597 e. The highest BCUT2D eigenvalue weighted by Crippen LogP contribution is 1.94. The average molecular weight is 129 g/mol. The summed E-state index contributed by atoms with van der Waals surface area (Å²) in [6.07, 6.45) is 3.97. The number of allylic oxidation sites excluding steroid dienone is 2. The SMILES string of the molecule is C/C=C(C)\N=C/SC. The molecule has 0 atom stereocenters. The van der Waals surface area contributed by atoms with Crippen LogP contribution < -0.4 is 0 Å². The first kappa shape index (κ1) is 7.76. The lowest BCUT2D eigenvalue weighted by molar-refractivity contribution is 1.30. The van der Waals surface area contributed by atoms with E-state index in [2.05, 4.69) is 4.99 Å². The van der Waals surface area contributed by atoms with Gasteiger partial charge in [0.1, 0.15) is 0 Å². The van der Waals surface area contributed by atoms with Crippen LogP contribution >= 0.6 is 11.8 Å². The monoisotopic (exact) mass is 129 g/mol. The molecule has 0 unspecified atom stereocenters. The molecule has 0 radical (unpaired) electrons. The van der Waals surface area contributed by atoms with Crippen molar-refractivity contribution in [1.29, 1.82) is 0 Å². The Morgan fingerprint density at radius 1 is 1.62 bits per heavy atom. The van der Waals surface area contributed by atoms with Gasteiger partial charge in [-0.25, -0.2) is 0 Å². The van der Waals surface area contributed by atoms with Gasteiger partial charge in [0.15, 0.2) is 0 Å². The fourth-order valence-corrected chi connectivity index (χ4v) is 0.482. The first-order valence-electron chi connectivity index (χ1n) is 2.49. The summed E-state index contributed by atoms with van der Waals surface area (Å²) in [4.78, 5) is 4.06. The van der Waals surface area contributed by atoms with Crippen LogP contribution in [0.1, 0.15) is 13.8 Å². The number of hydrogen-bond acceptors (Lipinski definition) is 2. The molecule has 0 aliphatic heterocycles. The van der Waals surface area contributed by atoms with E-state index in [0.29, 0.717) is 0 Å². The molecule has 0 spiro atoms. The van der Waals surface area contributed by atoms with Crippen molar-refractivity contribution in [1.82, 2.24) is 0 Å². The minimum absolute atomic E-state index is 1.07. The Morgan fingerprint density at radius 2 is 2.25 bits per heavy atom. The summed E-state index contributed by atoms with van der Waals surface area (Å²) in [6, 6.07) is 0. The van der Waals surface area contributed by atoms with Crippen LogP contribution in [0, 0.1) is 0 Å².